The molecule has 20 heavy (non-hydrogen) atoms. The molecule has 104 valence electrons. The minimum atomic E-state index is -0.0535. The van der Waals surface area contributed by atoms with E-state index in [4.69, 9.17) is 11.6 Å². The van der Waals surface area contributed by atoms with Crippen LogP contribution in [0.3, 0.4) is 0 Å². The van der Waals surface area contributed by atoms with E-state index in [0.29, 0.717) is 10.6 Å². The summed E-state index contributed by atoms with van der Waals surface area (Å²) in [6.45, 7) is 2.02. The van der Waals surface area contributed by atoms with E-state index in [1.165, 1.54) is 5.56 Å². The first kappa shape index (κ1) is 14.6. The van der Waals surface area contributed by atoms with Gasteiger partial charge in [0, 0.05) is 16.6 Å². The number of benzene rings is 2. The van der Waals surface area contributed by atoms with Crippen LogP contribution < -0.4 is 5.32 Å². The molecule has 0 bridgehead atoms. The predicted octanol–water partition coefficient (Wildman–Crippen LogP) is 4.09. The normalized spacial score (nSPS) is 11.9. The first-order chi connectivity index (χ1) is 9.65. The molecule has 1 amide bonds. The number of carbonyl (C=O) groups excluding carboxylic acids is 1. The van der Waals surface area contributed by atoms with Crippen LogP contribution in [0.2, 0.25) is 5.02 Å². The fraction of sp³-hybridized carbons (Fsp3) is 0.235. The molecule has 2 aromatic carbocycles. The van der Waals surface area contributed by atoms with Crippen molar-refractivity contribution in [2.75, 3.05) is 0 Å². The van der Waals surface area contributed by atoms with Crippen molar-refractivity contribution in [2.45, 2.75) is 25.8 Å². The maximum absolute atomic E-state index is 12.0. The number of amides is 1. The van der Waals surface area contributed by atoms with Crippen molar-refractivity contribution < 1.29 is 4.79 Å². The van der Waals surface area contributed by atoms with Crippen LogP contribution in [0.4, 0.5) is 0 Å². The zero-order valence-corrected chi connectivity index (χ0v) is 12.2. The fourth-order valence-corrected chi connectivity index (χ4v) is 2.13. The summed E-state index contributed by atoms with van der Waals surface area (Å²) in [6.07, 6.45) is 1.88. The van der Waals surface area contributed by atoms with E-state index in [1.807, 2.05) is 25.1 Å². The molecule has 0 aliphatic carbocycles. The van der Waals surface area contributed by atoms with Gasteiger partial charge in [-0.3, -0.25) is 4.79 Å². The Morgan fingerprint density at radius 1 is 1.10 bits per heavy atom. The van der Waals surface area contributed by atoms with Crippen molar-refractivity contribution in [1.29, 1.82) is 0 Å². The van der Waals surface area contributed by atoms with Gasteiger partial charge in [0.2, 0.25) is 0 Å². The van der Waals surface area contributed by atoms with Gasteiger partial charge in [-0.2, -0.15) is 0 Å². The number of carbonyl (C=O) groups is 1. The quantitative estimate of drug-likeness (QED) is 0.882. The molecular weight excluding hydrogens is 270 g/mol. The molecule has 1 N–H and O–H groups in total. The molecule has 2 aromatic rings. The van der Waals surface area contributed by atoms with E-state index >= 15 is 0 Å². The zero-order chi connectivity index (χ0) is 14.4. The molecule has 1 unspecified atom stereocenters. The Balaban J connectivity index is 1.83. The highest BCUT2D eigenvalue weighted by molar-refractivity contribution is 6.30. The number of halogens is 1. The molecule has 0 aliphatic heterocycles. The van der Waals surface area contributed by atoms with Crippen molar-refractivity contribution in [3.63, 3.8) is 0 Å². The number of aryl methyl sites for hydroxylation is 1. The molecule has 2 rings (SSSR count). The number of nitrogens with one attached hydrogen (secondary N) is 1. The van der Waals surface area contributed by atoms with Crippen molar-refractivity contribution >= 4 is 17.5 Å². The van der Waals surface area contributed by atoms with Crippen LogP contribution in [-0.2, 0) is 6.42 Å². The van der Waals surface area contributed by atoms with Gasteiger partial charge in [0.05, 0.1) is 0 Å². The summed E-state index contributed by atoms with van der Waals surface area (Å²) in [6, 6.07) is 17.4. The molecule has 2 nitrogen and oxygen atoms in total. The zero-order valence-electron chi connectivity index (χ0n) is 11.5. The summed E-state index contributed by atoms with van der Waals surface area (Å²) >= 11 is 5.81. The minimum absolute atomic E-state index is 0.0535. The molecule has 3 heteroatoms. The maximum atomic E-state index is 12.0. The van der Waals surface area contributed by atoms with Crippen molar-refractivity contribution in [1.82, 2.24) is 5.32 Å². The molecule has 0 aromatic heterocycles. The van der Waals surface area contributed by atoms with Crippen LogP contribution in [0, 0.1) is 0 Å². The molecule has 1 atom stereocenters. The Labute approximate surface area is 124 Å². The van der Waals surface area contributed by atoms with Crippen LogP contribution in [0.5, 0.6) is 0 Å². The second-order valence-corrected chi connectivity index (χ2v) is 5.34. The SMILES string of the molecule is CC(CCc1ccccc1)NC(=O)c1ccc(Cl)cc1. The van der Waals surface area contributed by atoms with Crippen LogP contribution in [-0.4, -0.2) is 11.9 Å². The standard InChI is InChI=1S/C17H18ClNO/c1-13(7-8-14-5-3-2-4-6-14)19-17(20)15-9-11-16(18)12-10-15/h2-6,9-13H,7-8H2,1H3,(H,19,20). The van der Waals surface area contributed by atoms with Gasteiger partial charge in [0.15, 0.2) is 0 Å². The lowest BCUT2D eigenvalue weighted by molar-refractivity contribution is 0.0938. The molecule has 0 saturated heterocycles. The Morgan fingerprint density at radius 2 is 1.75 bits per heavy atom. The monoisotopic (exact) mass is 287 g/mol. The molecule has 0 radical (unpaired) electrons. The summed E-state index contributed by atoms with van der Waals surface area (Å²) in [4.78, 5) is 12.0. The van der Waals surface area contributed by atoms with Crippen molar-refractivity contribution in [2.24, 2.45) is 0 Å². The van der Waals surface area contributed by atoms with Gasteiger partial charge >= 0.3 is 0 Å². The highest BCUT2D eigenvalue weighted by Gasteiger charge is 2.09. The van der Waals surface area contributed by atoms with Crippen LogP contribution in [0.1, 0.15) is 29.3 Å². The topological polar surface area (TPSA) is 29.1 Å². The summed E-state index contributed by atoms with van der Waals surface area (Å²) in [7, 11) is 0. The second kappa shape index (κ2) is 7.11. The van der Waals surface area contributed by atoms with Gasteiger partial charge in [-0.05, 0) is 49.6 Å². The summed E-state index contributed by atoms with van der Waals surface area (Å²) < 4.78 is 0. The average molecular weight is 288 g/mol. The fourth-order valence-electron chi connectivity index (χ4n) is 2.01. The minimum Gasteiger partial charge on any atom is -0.350 e. The highest BCUT2D eigenvalue weighted by atomic mass is 35.5. The smallest absolute Gasteiger partial charge is 0.251 e. The lowest BCUT2D eigenvalue weighted by Crippen LogP contribution is -2.32. The van der Waals surface area contributed by atoms with Crippen LogP contribution >= 0.6 is 11.6 Å². The van der Waals surface area contributed by atoms with E-state index in [2.05, 4.69) is 17.4 Å². The third kappa shape index (κ3) is 4.39. The van der Waals surface area contributed by atoms with Crippen LogP contribution in [0.25, 0.3) is 0 Å². The van der Waals surface area contributed by atoms with Gasteiger partial charge in [-0.1, -0.05) is 41.9 Å². The average Bonchev–Trinajstić information content (AvgIpc) is 2.47. The van der Waals surface area contributed by atoms with E-state index in [9.17, 15) is 4.79 Å². The first-order valence-corrected chi connectivity index (χ1v) is 7.13. The van der Waals surface area contributed by atoms with Crippen molar-refractivity contribution in [3.8, 4) is 0 Å². The first-order valence-electron chi connectivity index (χ1n) is 6.75. The molecule has 0 spiro atoms. The third-order valence-electron chi connectivity index (χ3n) is 3.19. The van der Waals surface area contributed by atoms with E-state index in [0.717, 1.165) is 12.8 Å². The number of hydrogen-bond acceptors (Lipinski definition) is 1. The van der Waals surface area contributed by atoms with E-state index < -0.39 is 0 Å². The third-order valence-corrected chi connectivity index (χ3v) is 3.44. The second-order valence-electron chi connectivity index (χ2n) is 4.91. The summed E-state index contributed by atoms with van der Waals surface area (Å²) in [5.41, 5.74) is 1.93. The van der Waals surface area contributed by atoms with Gasteiger partial charge in [-0.15, -0.1) is 0 Å². The van der Waals surface area contributed by atoms with Gasteiger partial charge in [0.25, 0.3) is 5.91 Å². The van der Waals surface area contributed by atoms with Gasteiger partial charge in [-0.25, -0.2) is 0 Å². The van der Waals surface area contributed by atoms with Gasteiger partial charge < -0.3 is 5.32 Å². The lowest BCUT2D eigenvalue weighted by Gasteiger charge is -2.14. The molecule has 0 aliphatic rings. The Morgan fingerprint density at radius 3 is 2.40 bits per heavy atom. The van der Waals surface area contributed by atoms with Crippen LogP contribution in [0.15, 0.2) is 54.6 Å². The van der Waals surface area contributed by atoms with Crippen molar-refractivity contribution in [3.05, 3.63) is 70.7 Å². The highest BCUT2D eigenvalue weighted by Crippen LogP contribution is 2.10. The maximum Gasteiger partial charge on any atom is 0.251 e. The van der Waals surface area contributed by atoms with E-state index in [1.54, 1.807) is 24.3 Å². The summed E-state index contributed by atoms with van der Waals surface area (Å²) in [5, 5.41) is 3.64. The Hall–Kier alpha value is -1.80. The Bertz CT molecular complexity index is 551. The Kier molecular flexibility index (Phi) is 5.19. The van der Waals surface area contributed by atoms with E-state index in [-0.39, 0.29) is 11.9 Å². The largest absolute Gasteiger partial charge is 0.350 e. The van der Waals surface area contributed by atoms with Gasteiger partial charge in [0.1, 0.15) is 0 Å². The predicted molar refractivity (Wildman–Crippen MR) is 83.1 cm³/mol. The number of rotatable bonds is 5. The lowest BCUT2D eigenvalue weighted by atomic mass is 10.1. The molecule has 0 fully saturated rings. The summed E-state index contributed by atoms with van der Waals surface area (Å²) in [5.74, 6) is -0.0535. The number of hydrogen-bond donors (Lipinski definition) is 1. The molecular formula is C17H18ClNO. The molecule has 0 heterocycles. The molecule has 0 saturated carbocycles.